The fourth-order valence-corrected chi connectivity index (χ4v) is 4.40. The standard InChI is InChI=1S/C23H27ClFN5O3/c1-10(2)33-20-15(11(3)22-28-12(4)19-21(26)27-5-6-30(19)22)9-16(24)18(25)17(20)23(32)29-13-7-14(31)8-13/h5-6,9-11,13-14,31H,7-8H2,1-4H3,(H2,26,27)(H,29,32)/t11?,13-,14+. The molecule has 1 atom stereocenters. The van der Waals surface area contributed by atoms with Crippen LogP contribution in [0.1, 0.15) is 67.0 Å². The Bertz CT molecular complexity index is 1220. The Morgan fingerprint density at radius 1 is 1.39 bits per heavy atom. The number of benzene rings is 1. The lowest BCUT2D eigenvalue weighted by atomic mass is 9.89. The summed E-state index contributed by atoms with van der Waals surface area (Å²) in [6.07, 6.45) is 3.39. The van der Waals surface area contributed by atoms with Crippen molar-refractivity contribution in [1.82, 2.24) is 19.7 Å². The van der Waals surface area contributed by atoms with Gasteiger partial charge in [-0.25, -0.2) is 14.4 Å². The summed E-state index contributed by atoms with van der Waals surface area (Å²) >= 11 is 6.25. The van der Waals surface area contributed by atoms with Crippen molar-refractivity contribution in [2.24, 2.45) is 0 Å². The second-order valence-corrected chi connectivity index (χ2v) is 9.14. The summed E-state index contributed by atoms with van der Waals surface area (Å²) in [4.78, 5) is 21.9. The average molecular weight is 476 g/mol. The number of hydrogen-bond donors (Lipinski definition) is 3. The van der Waals surface area contributed by atoms with Gasteiger partial charge < -0.3 is 20.9 Å². The van der Waals surface area contributed by atoms with Crippen LogP contribution in [0.3, 0.4) is 0 Å². The van der Waals surface area contributed by atoms with Gasteiger partial charge in [-0.15, -0.1) is 0 Å². The first kappa shape index (κ1) is 23.3. The molecule has 2 aromatic heterocycles. The summed E-state index contributed by atoms with van der Waals surface area (Å²) in [7, 11) is 0. The van der Waals surface area contributed by atoms with Crippen LogP contribution >= 0.6 is 11.6 Å². The van der Waals surface area contributed by atoms with Gasteiger partial charge in [0.2, 0.25) is 0 Å². The van der Waals surface area contributed by atoms with Gasteiger partial charge >= 0.3 is 0 Å². The molecule has 176 valence electrons. The summed E-state index contributed by atoms with van der Waals surface area (Å²) in [5, 5.41) is 12.1. The predicted octanol–water partition coefficient (Wildman–Crippen LogP) is 3.60. The summed E-state index contributed by atoms with van der Waals surface area (Å²) in [5.41, 5.74) is 7.70. The highest BCUT2D eigenvalue weighted by Crippen LogP contribution is 2.40. The Morgan fingerprint density at radius 2 is 2.09 bits per heavy atom. The second-order valence-electron chi connectivity index (χ2n) is 8.74. The van der Waals surface area contributed by atoms with E-state index in [4.69, 9.17) is 22.1 Å². The Morgan fingerprint density at radius 3 is 2.73 bits per heavy atom. The number of hydrogen-bond acceptors (Lipinski definition) is 6. The molecule has 4 N–H and O–H groups in total. The fraction of sp³-hybridized carbons (Fsp3) is 0.435. The molecule has 1 unspecified atom stereocenters. The minimum atomic E-state index is -0.849. The topological polar surface area (TPSA) is 115 Å². The number of carbonyl (C=O) groups excluding carboxylic acids is 1. The van der Waals surface area contributed by atoms with Crippen molar-refractivity contribution in [2.75, 3.05) is 5.73 Å². The number of fused-ring (bicyclic) bond motifs is 1. The lowest BCUT2D eigenvalue weighted by molar-refractivity contribution is 0.0559. The molecule has 0 aliphatic heterocycles. The number of amides is 1. The van der Waals surface area contributed by atoms with Gasteiger partial charge in [-0.2, -0.15) is 0 Å². The zero-order valence-electron chi connectivity index (χ0n) is 18.9. The second kappa shape index (κ2) is 8.79. The molecule has 3 aromatic rings. The van der Waals surface area contributed by atoms with Crippen molar-refractivity contribution in [2.45, 2.75) is 64.7 Å². The molecule has 1 fully saturated rings. The lowest BCUT2D eigenvalue weighted by Gasteiger charge is -2.32. The smallest absolute Gasteiger partial charge is 0.258 e. The van der Waals surface area contributed by atoms with Crippen LogP contribution in [0, 0.1) is 12.7 Å². The Kier molecular flexibility index (Phi) is 6.20. The first-order valence-corrected chi connectivity index (χ1v) is 11.2. The van der Waals surface area contributed by atoms with Crippen LogP contribution < -0.4 is 15.8 Å². The van der Waals surface area contributed by atoms with E-state index in [9.17, 15) is 9.90 Å². The third-order valence-electron chi connectivity index (χ3n) is 5.87. The number of aliphatic hydroxyl groups excluding tert-OH is 1. The van der Waals surface area contributed by atoms with Crippen molar-refractivity contribution in [3.63, 3.8) is 0 Å². The minimum absolute atomic E-state index is 0.119. The summed E-state index contributed by atoms with van der Waals surface area (Å²) in [6.45, 7) is 7.31. The van der Waals surface area contributed by atoms with Crippen LogP contribution in [0.2, 0.25) is 5.02 Å². The average Bonchev–Trinajstić information content (AvgIpc) is 3.06. The quantitative estimate of drug-likeness (QED) is 0.501. The van der Waals surface area contributed by atoms with Crippen molar-refractivity contribution < 1.29 is 19.0 Å². The maximum absolute atomic E-state index is 15.2. The molecule has 1 aliphatic carbocycles. The van der Waals surface area contributed by atoms with Gasteiger partial charge in [-0.3, -0.25) is 9.20 Å². The van der Waals surface area contributed by atoms with E-state index in [0.29, 0.717) is 41.3 Å². The molecular weight excluding hydrogens is 449 g/mol. The zero-order chi connectivity index (χ0) is 24.0. The molecule has 1 aliphatic rings. The molecule has 0 bridgehead atoms. The Labute approximate surface area is 195 Å². The van der Waals surface area contributed by atoms with Gasteiger partial charge in [-0.1, -0.05) is 18.5 Å². The highest BCUT2D eigenvalue weighted by Gasteiger charge is 2.33. The number of ether oxygens (including phenoxy) is 1. The van der Waals surface area contributed by atoms with E-state index >= 15 is 4.39 Å². The van der Waals surface area contributed by atoms with Crippen molar-refractivity contribution in [3.8, 4) is 5.75 Å². The maximum atomic E-state index is 15.2. The number of nitrogen functional groups attached to an aromatic ring is 1. The third kappa shape index (κ3) is 4.22. The van der Waals surface area contributed by atoms with E-state index in [2.05, 4.69) is 15.3 Å². The van der Waals surface area contributed by atoms with Crippen LogP contribution in [-0.4, -0.2) is 43.6 Å². The molecule has 0 radical (unpaired) electrons. The van der Waals surface area contributed by atoms with E-state index in [-0.39, 0.29) is 28.5 Å². The number of imidazole rings is 1. The molecule has 1 amide bonds. The number of halogens is 2. The van der Waals surface area contributed by atoms with E-state index in [1.807, 2.05) is 18.2 Å². The van der Waals surface area contributed by atoms with Crippen molar-refractivity contribution in [1.29, 1.82) is 0 Å². The van der Waals surface area contributed by atoms with Crippen LogP contribution in [0.25, 0.3) is 5.52 Å². The van der Waals surface area contributed by atoms with E-state index < -0.39 is 23.7 Å². The van der Waals surface area contributed by atoms with Gasteiger partial charge in [0.25, 0.3) is 5.91 Å². The van der Waals surface area contributed by atoms with Gasteiger partial charge in [0.1, 0.15) is 28.5 Å². The molecule has 2 heterocycles. The first-order valence-electron chi connectivity index (χ1n) is 10.8. The lowest BCUT2D eigenvalue weighted by Crippen LogP contribution is -2.47. The van der Waals surface area contributed by atoms with E-state index in [1.165, 1.54) is 6.07 Å². The highest BCUT2D eigenvalue weighted by molar-refractivity contribution is 6.31. The predicted molar refractivity (Wildman–Crippen MR) is 123 cm³/mol. The minimum Gasteiger partial charge on any atom is -0.490 e. The van der Waals surface area contributed by atoms with Gasteiger partial charge in [0.05, 0.1) is 22.9 Å². The number of aromatic nitrogens is 3. The van der Waals surface area contributed by atoms with Crippen LogP contribution in [0.5, 0.6) is 5.75 Å². The molecular formula is C23H27ClFN5O3. The molecule has 1 aromatic carbocycles. The first-order chi connectivity index (χ1) is 15.6. The number of nitrogens with two attached hydrogens (primary N) is 1. The summed E-state index contributed by atoms with van der Waals surface area (Å²) < 4.78 is 23.0. The largest absolute Gasteiger partial charge is 0.490 e. The number of carbonyl (C=O) groups is 1. The van der Waals surface area contributed by atoms with Gasteiger partial charge in [-0.05, 0) is 39.7 Å². The SMILES string of the molecule is Cc1nc(C(C)c2cc(Cl)c(F)c(C(=O)N[C@H]3C[C@@H](O)C3)c2OC(C)C)n2ccnc(N)c12. The van der Waals surface area contributed by atoms with E-state index in [1.54, 1.807) is 26.2 Å². The Balaban J connectivity index is 1.85. The van der Waals surface area contributed by atoms with Crippen LogP contribution in [0.4, 0.5) is 10.2 Å². The molecule has 0 spiro atoms. The molecule has 33 heavy (non-hydrogen) atoms. The molecule has 0 saturated heterocycles. The summed E-state index contributed by atoms with van der Waals surface area (Å²) in [5.74, 6) is -0.808. The van der Waals surface area contributed by atoms with Crippen molar-refractivity contribution in [3.05, 3.63) is 51.9 Å². The zero-order valence-corrected chi connectivity index (χ0v) is 19.7. The molecule has 10 heteroatoms. The van der Waals surface area contributed by atoms with Gasteiger partial charge in [0.15, 0.2) is 5.82 Å². The van der Waals surface area contributed by atoms with Crippen molar-refractivity contribution >= 4 is 28.8 Å². The monoisotopic (exact) mass is 475 g/mol. The third-order valence-corrected chi connectivity index (χ3v) is 6.14. The van der Waals surface area contributed by atoms with E-state index in [0.717, 1.165) is 0 Å². The Hall–Kier alpha value is -2.91. The number of nitrogens with zero attached hydrogens (tertiary/aromatic N) is 3. The molecule has 1 saturated carbocycles. The number of aryl methyl sites for hydroxylation is 1. The highest BCUT2D eigenvalue weighted by atomic mass is 35.5. The van der Waals surface area contributed by atoms with Gasteiger partial charge in [0, 0.05) is 29.9 Å². The maximum Gasteiger partial charge on any atom is 0.258 e. The molecule has 8 nitrogen and oxygen atoms in total. The van der Waals surface area contributed by atoms with Crippen LogP contribution in [-0.2, 0) is 0 Å². The summed E-state index contributed by atoms with van der Waals surface area (Å²) in [6, 6.07) is 1.25. The number of aliphatic hydroxyl groups is 1. The number of anilines is 1. The number of rotatable bonds is 6. The number of nitrogens with one attached hydrogen (secondary N) is 1. The fourth-order valence-electron chi connectivity index (χ4n) is 4.19. The molecule has 4 rings (SSSR count). The van der Waals surface area contributed by atoms with Crippen LogP contribution in [0.15, 0.2) is 18.5 Å². The normalized spacial score (nSPS) is 18.9.